The molecule has 0 saturated heterocycles. The molecule has 0 aliphatic carbocycles. The predicted molar refractivity (Wildman–Crippen MR) is 93.1 cm³/mol. The highest BCUT2D eigenvalue weighted by molar-refractivity contribution is 7.98. The van der Waals surface area contributed by atoms with Gasteiger partial charge < -0.3 is 0 Å². The molecule has 2 heterocycles. The number of benzene rings is 1. The second-order valence-electron chi connectivity index (χ2n) is 4.46. The van der Waals surface area contributed by atoms with E-state index in [2.05, 4.69) is 19.7 Å². The molecule has 0 unspecified atom stereocenters. The number of pyridine rings is 1. The first kappa shape index (κ1) is 15.9. The van der Waals surface area contributed by atoms with Crippen LogP contribution < -0.4 is 5.32 Å². The van der Waals surface area contributed by atoms with Crippen molar-refractivity contribution in [2.24, 2.45) is 0 Å². The summed E-state index contributed by atoms with van der Waals surface area (Å²) in [6, 6.07) is 11.0. The van der Waals surface area contributed by atoms with Crippen LogP contribution in [0.5, 0.6) is 0 Å². The monoisotopic (exact) mass is 362 g/mol. The Balaban J connectivity index is 1.60. The average Bonchev–Trinajstić information content (AvgIpc) is 3.02. The summed E-state index contributed by atoms with van der Waals surface area (Å²) in [5.41, 5.74) is 1.50. The number of carbonyl (C=O) groups excluding carboxylic acids is 1. The molecule has 23 heavy (non-hydrogen) atoms. The Hall–Kier alpha value is -1.96. The van der Waals surface area contributed by atoms with Gasteiger partial charge in [-0.2, -0.15) is 9.36 Å². The Morgan fingerprint density at radius 2 is 2.13 bits per heavy atom. The van der Waals surface area contributed by atoms with Crippen molar-refractivity contribution >= 4 is 45.9 Å². The summed E-state index contributed by atoms with van der Waals surface area (Å²) in [5, 5.41) is 4.50. The lowest BCUT2D eigenvalue weighted by Gasteiger charge is -2.01. The molecule has 3 aromatic rings. The zero-order chi connectivity index (χ0) is 16.1. The molecule has 0 aliphatic rings. The normalized spacial score (nSPS) is 10.5. The third-order valence-corrected chi connectivity index (χ3v) is 4.88. The summed E-state index contributed by atoms with van der Waals surface area (Å²) >= 11 is 8.73. The van der Waals surface area contributed by atoms with Crippen LogP contribution in [-0.2, 0) is 5.75 Å². The highest BCUT2D eigenvalue weighted by Crippen LogP contribution is 2.26. The molecule has 0 spiro atoms. The number of nitrogens with zero attached hydrogens (tertiary/aromatic N) is 3. The fraction of sp³-hybridized carbons (Fsp3) is 0.0667. The molecule has 8 heteroatoms. The van der Waals surface area contributed by atoms with Gasteiger partial charge in [0, 0.05) is 34.7 Å². The number of hydrogen-bond acceptors (Lipinski definition) is 6. The minimum atomic E-state index is -0.253. The zero-order valence-electron chi connectivity index (χ0n) is 11.8. The fourth-order valence-electron chi connectivity index (χ4n) is 1.74. The van der Waals surface area contributed by atoms with E-state index in [9.17, 15) is 4.79 Å². The number of halogens is 1. The molecular formula is C15H11ClN4OS2. The van der Waals surface area contributed by atoms with Crippen molar-refractivity contribution in [1.82, 2.24) is 14.3 Å². The van der Waals surface area contributed by atoms with Crippen molar-refractivity contribution in [3.8, 4) is 0 Å². The van der Waals surface area contributed by atoms with Crippen molar-refractivity contribution in [1.29, 1.82) is 0 Å². The molecule has 2 aromatic heterocycles. The van der Waals surface area contributed by atoms with Crippen molar-refractivity contribution in [3.63, 3.8) is 0 Å². The molecule has 5 nitrogen and oxygen atoms in total. The molecule has 1 amide bonds. The lowest BCUT2D eigenvalue weighted by Crippen LogP contribution is -2.11. The van der Waals surface area contributed by atoms with E-state index in [0.29, 0.717) is 21.6 Å². The van der Waals surface area contributed by atoms with E-state index < -0.39 is 0 Å². The molecule has 0 aliphatic heterocycles. The van der Waals surface area contributed by atoms with Gasteiger partial charge in [-0.05, 0) is 23.8 Å². The number of thioether (sulfide) groups is 1. The first-order chi connectivity index (χ1) is 11.2. The summed E-state index contributed by atoms with van der Waals surface area (Å²) in [6.45, 7) is 0. The van der Waals surface area contributed by atoms with E-state index in [-0.39, 0.29) is 5.91 Å². The van der Waals surface area contributed by atoms with E-state index in [0.717, 1.165) is 22.1 Å². The maximum Gasteiger partial charge on any atom is 0.259 e. The summed E-state index contributed by atoms with van der Waals surface area (Å²) in [7, 11) is 0. The number of rotatable bonds is 5. The van der Waals surface area contributed by atoms with E-state index in [1.54, 1.807) is 18.3 Å². The van der Waals surface area contributed by atoms with Gasteiger partial charge in [0.1, 0.15) is 0 Å². The van der Waals surface area contributed by atoms with Crippen LogP contribution in [0.1, 0.15) is 15.9 Å². The molecule has 0 atom stereocenters. The Labute approximate surface area is 146 Å². The number of hydrogen-bond donors (Lipinski definition) is 1. The highest BCUT2D eigenvalue weighted by atomic mass is 35.5. The van der Waals surface area contributed by atoms with Gasteiger partial charge in [-0.25, -0.2) is 0 Å². The topological polar surface area (TPSA) is 67.8 Å². The minimum absolute atomic E-state index is 0.253. The summed E-state index contributed by atoms with van der Waals surface area (Å²) in [4.78, 5) is 20.2. The van der Waals surface area contributed by atoms with Gasteiger partial charge in [-0.1, -0.05) is 41.6 Å². The number of carbonyl (C=O) groups is 1. The number of amides is 1. The Morgan fingerprint density at radius 3 is 2.91 bits per heavy atom. The van der Waals surface area contributed by atoms with E-state index in [4.69, 9.17) is 11.6 Å². The molecule has 0 radical (unpaired) electrons. The van der Waals surface area contributed by atoms with Crippen LogP contribution in [0.2, 0.25) is 5.02 Å². The minimum Gasteiger partial charge on any atom is -0.297 e. The third-order valence-electron chi connectivity index (χ3n) is 2.87. The summed E-state index contributed by atoms with van der Waals surface area (Å²) < 4.78 is 4.23. The van der Waals surface area contributed by atoms with Gasteiger partial charge in [0.2, 0.25) is 10.3 Å². The molecule has 1 aromatic carbocycles. The van der Waals surface area contributed by atoms with E-state index >= 15 is 0 Å². The zero-order valence-corrected chi connectivity index (χ0v) is 14.2. The molecular weight excluding hydrogens is 352 g/mol. The summed E-state index contributed by atoms with van der Waals surface area (Å²) in [5.74, 6) is 0.420. The van der Waals surface area contributed by atoms with Gasteiger partial charge in [0.15, 0.2) is 0 Å². The number of nitrogens with one attached hydrogen (secondary N) is 1. The van der Waals surface area contributed by atoms with Crippen molar-refractivity contribution in [2.45, 2.75) is 10.9 Å². The Morgan fingerprint density at radius 1 is 1.26 bits per heavy atom. The number of aromatic nitrogens is 3. The van der Waals surface area contributed by atoms with Crippen molar-refractivity contribution in [2.75, 3.05) is 5.32 Å². The van der Waals surface area contributed by atoms with Crippen molar-refractivity contribution < 1.29 is 4.79 Å². The van der Waals surface area contributed by atoms with Gasteiger partial charge in [-0.3, -0.25) is 15.1 Å². The maximum absolute atomic E-state index is 12.0. The third kappa shape index (κ3) is 4.28. The molecule has 1 N–H and O–H groups in total. The molecule has 0 bridgehead atoms. The molecule has 116 valence electrons. The average molecular weight is 363 g/mol. The maximum atomic E-state index is 12.0. The highest BCUT2D eigenvalue weighted by Gasteiger charge is 2.11. The van der Waals surface area contributed by atoms with Crippen LogP contribution in [0.4, 0.5) is 5.13 Å². The second-order valence-corrected chi connectivity index (χ2v) is 6.56. The van der Waals surface area contributed by atoms with Gasteiger partial charge in [0.25, 0.3) is 5.91 Å². The largest absolute Gasteiger partial charge is 0.297 e. The van der Waals surface area contributed by atoms with Gasteiger partial charge >= 0.3 is 0 Å². The predicted octanol–water partition coefficient (Wildman–Crippen LogP) is 4.13. The van der Waals surface area contributed by atoms with Crippen LogP contribution >= 0.6 is 34.9 Å². The number of anilines is 1. The first-order valence-corrected chi connectivity index (χ1v) is 8.77. The van der Waals surface area contributed by atoms with Crippen LogP contribution in [0, 0.1) is 0 Å². The molecule has 3 rings (SSSR count). The van der Waals surface area contributed by atoms with Crippen LogP contribution in [-0.4, -0.2) is 20.2 Å². The Bertz CT molecular complexity index is 810. The first-order valence-electron chi connectivity index (χ1n) is 6.63. The quantitative estimate of drug-likeness (QED) is 0.691. The lowest BCUT2D eigenvalue weighted by atomic mass is 10.2. The van der Waals surface area contributed by atoms with E-state index in [1.165, 1.54) is 18.0 Å². The fourth-order valence-corrected chi connectivity index (χ4v) is 3.57. The lowest BCUT2D eigenvalue weighted by molar-refractivity contribution is 0.102. The molecule has 0 saturated carbocycles. The summed E-state index contributed by atoms with van der Waals surface area (Å²) in [6.07, 6.45) is 3.12. The standard InChI is InChI=1S/C15H11ClN4OS2/c16-12-6-2-1-4-11(12)9-22-15-19-14(23-20-15)18-13(21)10-5-3-7-17-8-10/h1-8H,9H2,(H,18,19,20,21). The second kappa shape index (κ2) is 7.54. The SMILES string of the molecule is O=C(Nc1nc(SCc2ccccc2Cl)ns1)c1cccnc1. The molecule has 0 fully saturated rings. The van der Waals surface area contributed by atoms with E-state index in [1.807, 2.05) is 24.3 Å². The van der Waals surface area contributed by atoms with Crippen LogP contribution in [0.15, 0.2) is 53.9 Å². The smallest absolute Gasteiger partial charge is 0.259 e. The Kier molecular flexibility index (Phi) is 5.22. The van der Waals surface area contributed by atoms with Crippen molar-refractivity contribution in [3.05, 3.63) is 64.9 Å². The van der Waals surface area contributed by atoms with Gasteiger partial charge in [0.05, 0.1) is 5.56 Å². The van der Waals surface area contributed by atoms with Crippen LogP contribution in [0.25, 0.3) is 0 Å². The van der Waals surface area contributed by atoms with Crippen LogP contribution in [0.3, 0.4) is 0 Å². The van der Waals surface area contributed by atoms with Gasteiger partial charge in [-0.15, -0.1) is 0 Å².